The molecule has 82 valence electrons. The zero-order valence-corrected chi connectivity index (χ0v) is 9.90. The van der Waals surface area contributed by atoms with Crippen molar-refractivity contribution in [1.82, 2.24) is 5.32 Å². The van der Waals surface area contributed by atoms with Gasteiger partial charge >= 0.3 is 0 Å². The summed E-state index contributed by atoms with van der Waals surface area (Å²) < 4.78 is 0. The Labute approximate surface area is 94.7 Å². The molecular weight excluding hydrogens is 206 g/mol. The van der Waals surface area contributed by atoms with Gasteiger partial charge in [0.05, 0.1) is 5.41 Å². The molecule has 0 bridgehead atoms. The zero-order chi connectivity index (χ0) is 10.7. The lowest BCUT2D eigenvalue weighted by atomic mass is 10.0. The molecular formula is C12H17NOS. The van der Waals surface area contributed by atoms with E-state index in [9.17, 15) is 4.79 Å². The van der Waals surface area contributed by atoms with Crippen LogP contribution >= 0.6 is 11.3 Å². The molecule has 1 saturated carbocycles. The molecule has 2 rings (SSSR count). The van der Waals surface area contributed by atoms with Crippen molar-refractivity contribution < 1.29 is 4.79 Å². The van der Waals surface area contributed by atoms with E-state index in [4.69, 9.17) is 0 Å². The second-order valence-corrected chi connectivity index (χ2v) is 5.12. The number of amides is 1. The monoisotopic (exact) mass is 223 g/mol. The van der Waals surface area contributed by atoms with Gasteiger partial charge in [-0.3, -0.25) is 4.79 Å². The van der Waals surface area contributed by atoms with Crippen molar-refractivity contribution in [2.24, 2.45) is 0 Å². The Morgan fingerprint density at radius 2 is 2.40 bits per heavy atom. The summed E-state index contributed by atoms with van der Waals surface area (Å²) >= 11 is 1.70. The van der Waals surface area contributed by atoms with E-state index < -0.39 is 0 Å². The first-order chi connectivity index (χ1) is 7.29. The molecule has 0 saturated heterocycles. The predicted molar refractivity (Wildman–Crippen MR) is 63.1 cm³/mol. The van der Waals surface area contributed by atoms with Crippen LogP contribution in [0.2, 0.25) is 0 Å². The number of rotatable bonds is 5. The van der Waals surface area contributed by atoms with Crippen molar-refractivity contribution in [3.8, 4) is 0 Å². The van der Waals surface area contributed by atoms with E-state index in [2.05, 4.69) is 23.7 Å². The average Bonchev–Trinajstić information content (AvgIpc) is 2.87. The van der Waals surface area contributed by atoms with Gasteiger partial charge in [0.15, 0.2) is 0 Å². The molecule has 0 atom stereocenters. The van der Waals surface area contributed by atoms with Gasteiger partial charge in [0.2, 0.25) is 5.91 Å². The maximum Gasteiger partial charge on any atom is 0.231 e. The van der Waals surface area contributed by atoms with Crippen LogP contribution in [0.3, 0.4) is 0 Å². The SMILES string of the molecule is CCCCNC(=O)C1(c2cccs2)CC1. The van der Waals surface area contributed by atoms with Crippen LogP contribution < -0.4 is 5.32 Å². The fraction of sp³-hybridized carbons (Fsp3) is 0.583. The maximum absolute atomic E-state index is 12.0. The summed E-state index contributed by atoms with van der Waals surface area (Å²) in [6.45, 7) is 2.96. The first kappa shape index (κ1) is 10.7. The molecule has 1 aliphatic rings. The molecule has 3 heteroatoms. The van der Waals surface area contributed by atoms with Gasteiger partial charge in [0.1, 0.15) is 0 Å². The summed E-state index contributed by atoms with van der Waals surface area (Å²) in [5.74, 6) is 0.235. The van der Waals surface area contributed by atoms with Gasteiger partial charge in [0.25, 0.3) is 0 Å². The maximum atomic E-state index is 12.0. The van der Waals surface area contributed by atoms with Crippen LogP contribution in [-0.2, 0) is 10.2 Å². The Bertz CT molecular complexity index is 327. The normalized spacial score (nSPS) is 17.4. The van der Waals surface area contributed by atoms with Gasteiger partial charge in [-0.15, -0.1) is 11.3 Å². The minimum absolute atomic E-state index is 0.151. The van der Waals surface area contributed by atoms with Crippen LogP contribution in [0.4, 0.5) is 0 Å². The van der Waals surface area contributed by atoms with Crippen molar-refractivity contribution in [3.05, 3.63) is 22.4 Å². The van der Waals surface area contributed by atoms with Gasteiger partial charge in [-0.05, 0) is 30.7 Å². The molecule has 2 nitrogen and oxygen atoms in total. The van der Waals surface area contributed by atoms with E-state index in [1.165, 1.54) is 4.88 Å². The first-order valence-electron chi connectivity index (χ1n) is 5.62. The Hall–Kier alpha value is -0.830. The van der Waals surface area contributed by atoms with E-state index in [0.717, 1.165) is 32.2 Å². The fourth-order valence-corrected chi connectivity index (χ4v) is 2.79. The smallest absolute Gasteiger partial charge is 0.231 e. The van der Waals surface area contributed by atoms with E-state index in [-0.39, 0.29) is 11.3 Å². The van der Waals surface area contributed by atoms with Crippen molar-refractivity contribution in [2.75, 3.05) is 6.54 Å². The number of nitrogens with one attached hydrogen (secondary N) is 1. The number of hydrogen-bond acceptors (Lipinski definition) is 2. The molecule has 1 heterocycles. The number of hydrogen-bond donors (Lipinski definition) is 1. The second-order valence-electron chi connectivity index (χ2n) is 4.17. The topological polar surface area (TPSA) is 29.1 Å². The van der Waals surface area contributed by atoms with E-state index in [0.29, 0.717) is 0 Å². The predicted octanol–water partition coefficient (Wildman–Crippen LogP) is 2.70. The highest BCUT2D eigenvalue weighted by Crippen LogP contribution is 2.50. The van der Waals surface area contributed by atoms with Gasteiger partial charge < -0.3 is 5.32 Å². The number of thiophene rings is 1. The first-order valence-corrected chi connectivity index (χ1v) is 6.50. The highest BCUT2D eigenvalue weighted by Gasteiger charge is 2.51. The van der Waals surface area contributed by atoms with Crippen molar-refractivity contribution in [3.63, 3.8) is 0 Å². The van der Waals surface area contributed by atoms with Crippen LogP contribution in [0.25, 0.3) is 0 Å². The lowest BCUT2D eigenvalue weighted by Gasteiger charge is -2.13. The summed E-state index contributed by atoms with van der Waals surface area (Å²) in [5, 5.41) is 5.09. The van der Waals surface area contributed by atoms with Gasteiger partial charge in [-0.2, -0.15) is 0 Å². The third kappa shape index (κ3) is 2.07. The van der Waals surface area contributed by atoms with Crippen LogP contribution in [0, 0.1) is 0 Å². The van der Waals surface area contributed by atoms with Crippen molar-refractivity contribution >= 4 is 17.2 Å². The molecule has 0 radical (unpaired) electrons. The fourth-order valence-electron chi connectivity index (χ4n) is 1.81. The van der Waals surface area contributed by atoms with Crippen LogP contribution in [-0.4, -0.2) is 12.5 Å². The third-order valence-electron chi connectivity index (χ3n) is 2.99. The molecule has 0 spiro atoms. The molecule has 1 N–H and O–H groups in total. The molecule has 1 aromatic rings. The molecule has 15 heavy (non-hydrogen) atoms. The molecule has 1 aromatic heterocycles. The third-order valence-corrected chi connectivity index (χ3v) is 4.07. The lowest BCUT2D eigenvalue weighted by Crippen LogP contribution is -2.34. The number of unbranched alkanes of at least 4 members (excludes halogenated alkanes) is 1. The molecule has 1 amide bonds. The van der Waals surface area contributed by atoms with E-state index in [1.54, 1.807) is 11.3 Å². The molecule has 1 fully saturated rings. The summed E-state index contributed by atoms with van der Waals surface area (Å²) in [6, 6.07) is 4.11. The van der Waals surface area contributed by atoms with Crippen LogP contribution in [0.15, 0.2) is 17.5 Å². The minimum Gasteiger partial charge on any atom is -0.355 e. The van der Waals surface area contributed by atoms with Crippen LogP contribution in [0.1, 0.15) is 37.5 Å². The van der Waals surface area contributed by atoms with Crippen molar-refractivity contribution in [2.45, 2.75) is 38.0 Å². The largest absolute Gasteiger partial charge is 0.355 e. The van der Waals surface area contributed by atoms with Crippen LogP contribution in [0.5, 0.6) is 0 Å². The van der Waals surface area contributed by atoms with E-state index in [1.807, 2.05) is 6.07 Å². The molecule has 1 aliphatic carbocycles. The standard InChI is InChI=1S/C12H17NOS/c1-2-3-8-13-11(14)12(6-7-12)10-5-4-9-15-10/h4-5,9H,2-3,6-8H2,1H3,(H,13,14). The molecule has 0 unspecified atom stereocenters. The average molecular weight is 223 g/mol. The molecule has 0 aromatic carbocycles. The van der Waals surface area contributed by atoms with E-state index >= 15 is 0 Å². The minimum atomic E-state index is -0.151. The Morgan fingerprint density at radius 3 is 2.93 bits per heavy atom. The summed E-state index contributed by atoms with van der Waals surface area (Å²) in [6.07, 6.45) is 4.25. The zero-order valence-electron chi connectivity index (χ0n) is 9.08. The number of carbonyl (C=O) groups excluding carboxylic acids is 1. The summed E-state index contributed by atoms with van der Waals surface area (Å²) in [4.78, 5) is 13.2. The van der Waals surface area contributed by atoms with Gasteiger partial charge in [-0.1, -0.05) is 19.4 Å². The Morgan fingerprint density at radius 1 is 1.60 bits per heavy atom. The number of carbonyl (C=O) groups is 1. The summed E-state index contributed by atoms with van der Waals surface area (Å²) in [7, 11) is 0. The Balaban J connectivity index is 1.95. The lowest BCUT2D eigenvalue weighted by molar-refractivity contribution is -0.123. The molecule has 0 aliphatic heterocycles. The van der Waals surface area contributed by atoms with Gasteiger partial charge in [0, 0.05) is 11.4 Å². The van der Waals surface area contributed by atoms with Crippen molar-refractivity contribution in [1.29, 1.82) is 0 Å². The highest BCUT2D eigenvalue weighted by atomic mass is 32.1. The second kappa shape index (κ2) is 4.35. The van der Waals surface area contributed by atoms with Gasteiger partial charge in [-0.25, -0.2) is 0 Å². The highest BCUT2D eigenvalue weighted by molar-refractivity contribution is 7.10. The Kier molecular flexibility index (Phi) is 3.10. The quantitative estimate of drug-likeness (QED) is 0.764. The summed E-state index contributed by atoms with van der Waals surface area (Å²) in [5.41, 5.74) is -0.151.